The number of para-hydroxylation sites is 2. The van der Waals surface area contributed by atoms with Gasteiger partial charge in [0.1, 0.15) is 23.6 Å². The number of amides is 1. The minimum absolute atomic E-state index is 0.102. The molecule has 0 saturated heterocycles. The molecule has 0 aliphatic carbocycles. The largest absolute Gasteiger partial charge is 0.496 e. The quantitative estimate of drug-likeness (QED) is 0.738. The van der Waals surface area contributed by atoms with E-state index in [9.17, 15) is 4.79 Å². The fraction of sp³-hybridized carbons (Fsp3) is 0.227. The zero-order valence-electron chi connectivity index (χ0n) is 15.9. The number of nitrogens with one attached hydrogen (secondary N) is 1. The second-order valence-electron chi connectivity index (χ2n) is 6.81. The molecule has 0 saturated carbocycles. The number of ether oxygens (including phenoxy) is 1. The molecule has 142 valence electrons. The highest BCUT2D eigenvalue weighted by Gasteiger charge is 2.31. The lowest BCUT2D eigenvalue weighted by molar-refractivity contribution is 0.0976. The van der Waals surface area contributed by atoms with Gasteiger partial charge in [0.15, 0.2) is 0 Å². The van der Waals surface area contributed by atoms with Gasteiger partial charge >= 0.3 is 0 Å². The van der Waals surface area contributed by atoms with Crippen LogP contribution in [0.2, 0.25) is 0 Å². The Labute approximate surface area is 164 Å². The van der Waals surface area contributed by atoms with E-state index in [4.69, 9.17) is 4.74 Å². The number of hydrogen-bond donors (Lipinski definition) is 1. The van der Waals surface area contributed by atoms with E-state index in [0.717, 1.165) is 23.4 Å². The molecule has 1 atom stereocenters. The molecule has 1 unspecified atom stereocenters. The van der Waals surface area contributed by atoms with Gasteiger partial charge in [0.05, 0.1) is 7.11 Å². The van der Waals surface area contributed by atoms with Gasteiger partial charge in [-0.3, -0.25) is 4.79 Å². The molecule has 1 N–H and O–H groups in total. The predicted octanol–water partition coefficient (Wildman–Crippen LogP) is 3.69. The van der Waals surface area contributed by atoms with E-state index in [1.807, 2.05) is 47.4 Å². The molecular formula is C22H22N4O2. The van der Waals surface area contributed by atoms with Crippen LogP contribution in [0.4, 0.5) is 11.5 Å². The van der Waals surface area contributed by atoms with Crippen LogP contribution >= 0.6 is 0 Å². The number of hydrogen-bond acceptors (Lipinski definition) is 5. The summed E-state index contributed by atoms with van der Waals surface area (Å²) >= 11 is 0. The standard InChI is InChI=1S/C22H22N4O2/c1-15-11-16-7-3-5-9-19(16)26(15)22(27)18-12-21(25-14-24-18)23-13-17-8-4-6-10-20(17)28-2/h3-10,12,14-15H,11,13H2,1-2H3,(H,23,24,25). The van der Waals surface area contributed by atoms with Crippen molar-refractivity contribution in [2.75, 3.05) is 17.3 Å². The molecule has 2 heterocycles. The molecule has 0 bridgehead atoms. The van der Waals surface area contributed by atoms with E-state index in [2.05, 4.69) is 28.3 Å². The average Bonchev–Trinajstić information content (AvgIpc) is 3.07. The van der Waals surface area contributed by atoms with Crippen LogP contribution < -0.4 is 15.0 Å². The maximum Gasteiger partial charge on any atom is 0.277 e. The van der Waals surface area contributed by atoms with Crippen molar-refractivity contribution in [1.29, 1.82) is 0 Å². The highest BCUT2D eigenvalue weighted by molar-refractivity contribution is 6.06. The van der Waals surface area contributed by atoms with Crippen LogP contribution in [0.1, 0.15) is 28.5 Å². The molecule has 6 heteroatoms. The Hall–Kier alpha value is -3.41. The predicted molar refractivity (Wildman–Crippen MR) is 109 cm³/mol. The summed E-state index contributed by atoms with van der Waals surface area (Å²) in [6.07, 6.45) is 2.27. The first kappa shape index (κ1) is 18.0. The molecule has 2 aromatic carbocycles. The van der Waals surface area contributed by atoms with Gasteiger partial charge in [-0.15, -0.1) is 0 Å². The number of rotatable bonds is 5. The molecule has 28 heavy (non-hydrogen) atoms. The second-order valence-corrected chi connectivity index (χ2v) is 6.81. The summed E-state index contributed by atoms with van der Waals surface area (Å²) < 4.78 is 5.37. The number of carbonyl (C=O) groups is 1. The summed E-state index contributed by atoms with van der Waals surface area (Å²) in [5, 5.41) is 3.25. The first-order valence-electron chi connectivity index (χ1n) is 9.26. The molecular weight excluding hydrogens is 352 g/mol. The van der Waals surface area contributed by atoms with Crippen molar-refractivity contribution >= 4 is 17.4 Å². The summed E-state index contributed by atoms with van der Waals surface area (Å²) in [4.78, 5) is 23.4. The Morgan fingerprint density at radius 1 is 1.18 bits per heavy atom. The van der Waals surface area contributed by atoms with Gasteiger partial charge in [0.2, 0.25) is 0 Å². The molecule has 1 aliphatic heterocycles. The number of aromatic nitrogens is 2. The fourth-order valence-electron chi connectivity index (χ4n) is 3.60. The van der Waals surface area contributed by atoms with Gasteiger partial charge in [-0.2, -0.15) is 0 Å². The highest BCUT2D eigenvalue weighted by Crippen LogP contribution is 2.33. The van der Waals surface area contributed by atoms with Crippen LogP contribution in [0.3, 0.4) is 0 Å². The lowest BCUT2D eigenvalue weighted by Gasteiger charge is -2.22. The maximum absolute atomic E-state index is 13.1. The summed E-state index contributed by atoms with van der Waals surface area (Å²) in [7, 11) is 1.65. The van der Waals surface area contributed by atoms with Crippen LogP contribution in [0.15, 0.2) is 60.9 Å². The Bertz CT molecular complexity index is 1010. The second kappa shape index (κ2) is 7.68. The normalized spacial score (nSPS) is 15.2. The van der Waals surface area contributed by atoms with Crippen molar-refractivity contribution in [3.63, 3.8) is 0 Å². The lowest BCUT2D eigenvalue weighted by atomic mass is 10.1. The van der Waals surface area contributed by atoms with Gasteiger partial charge in [0.25, 0.3) is 5.91 Å². The third-order valence-electron chi connectivity index (χ3n) is 4.96. The topological polar surface area (TPSA) is 67.3 Å². The Morgan fingerprint density at radius 3 is 2.82 bits per heavy atom. The van der Waals surface area contributed by atoms with E-state index >= 15 is 0 Å². The average molecular weight is 374 g/mol. The first-order chi connectivity index (χ1) is 13.7. The summed E-state index contributed by atoms with van der Waals surface area (Å²) in [5.74, 6) is 1.30. The first-order valence-corrected chi connectivity index (χ1v) is 9.26. The number of anilines is 2. The molecule has 0 spiro atoms. The maximum atomic E-state index is 13.1. The van der Waals surface area contributed by atoms with Crippen LogP contribution in [-0.4, -0.2) is 29.0 Å². The van der Waals surface area contributed by atoms with E-state index in [0.29, 0.717) is 18.1 Å². The van der Waals surface area contributed by atoms with Crippen molar-refractivity contribution in [3.8, 4) is 5.75 Å². The Morgan fingerprint density at radius 2 is 1.96 bits per heavy atom. The third kappa shape index (κ3) is 3.41. The van der Waals surface area contributed by atoms with Crippen molar-refractivity contribution in [3.05, 3.63) is 77.7 Å². The number of methoxy groups -OCH3 is 1. The van der Waals surface area contributed by atoms with Gasteiger partial charge in [0, 0.05) is 29.9 Å². The number of fused-ring (bicyclic) bond motifs is 1. The molecule has 4 rings (SSSR count). The lowest BCUT2D eigenvalue weighted by Crippen LogP contribution is -2.36. The summed E-state index contributed by atoms with van der Waals surface area (Å²) in [6, 6.07) is 17.6. The smallest absolute Gasteiger partial charge is 0.277 e. The number of nitrogens with zero attached hydrogens (tertiary/aromatic N) is 3. The molecule has 1 aromatic heterocycles. The van der Waals surface area contributed by atoms with Crippen LogP contribution in [0.25, 0.3) is 0 Å². The third-order valence-corrected chi connectivity index (χ3v) is 4.96. The van der Waals surface area contributed by atoms with Gasteiger partial charge < -0.3 is 15.0 Å². The summed E-state index contributed by atoms with van der Waals surface area (Å²) in [6.45, 7) is 2.59. The van der Waals surface area contributed by atoms with E-state index in [1.54, 1.807) is 13.2 Å². The minimum atomic E-state index is -0.111. The van der Waals surface area contributed by atoms with Crippen molar-refractivity contribution < 1.29 is 9.53 Å². The van der Waals surface area contributed by atoms with E-state index < -0.39 is 0 Å². The van der Waals surface area contributed by atoms with Crippen LogP contribution in [0.5, 0.6) is 5.75 Å². The fourth-order valence-corrected chi connectivity index (χ4v) is 3.60. The van der Waals surface area contributed by atoms with E-state index in [1.165, 1.54) is 11.9 Å². The van der Waals surface area contributed by atoms with Gasteiger partial charge in [-0.25, -0.2) is 9.97 Å². The minimum Gasteiger partial charge on any atom is -0.496 e. The molecule has 3 aromatic rings. The highest BCUT2D eigenvalue weighted by atomic mass is 16.5. The molecule has 1 aliphatic rings. The SMILES string of the molecule is COc1ccccc1CNc1cc(C(=O)N2c3ccccc3CC2C)ncn1. The molecule has 0 fully saturated rings. The zero-order valence-corrected chi connectivity index (χ0v) is 15.9. The van der Waals surface area contributed by atoms with Crippen molar-refractivity contribution in [1.82, 2.24) is 9.97 Å². The monoisotopic (exact) mass is 374 g/mol. The molecule has 0 radical (unpaired) electrons. The number of carbonyl (C=O) groups excluding carboxylic acids is 1. The molecule has 1 amide bonds. The van der Waals surface area contributed by atoms with Gasteiger partial charge in [-0.1, -0.05) is 36.4 Å². The van der Waals surface area contributed by atoms with Crippen molar-refractivity contribution in [2.45, 2.75) is 25.9 Å². The Kier molecular flexibility index (Phi) is 4.93. The number of benzene rings is 2. The zero-order chi connectivity index (χ0) is 19.5. The van der Waals surface area contributed by atoms with Gasteiger partial charge in [-0.05, 0) is 31.0 Å². The van der Waals surface area contributed by atoms with Crippen LogP contribution in [0, 0.1) is 0 Å². The van der Waals surface area contributed by atoms with E-state index in [-0.39, 0.29) is 11.9 Å². The Balaban J connectivity index is 1.53. The van der Waals surface area contributed by atoms with Crippen molar-refractivity contribution in [2.24, 2.45) is 0 Å². The summed E-state index contributed by atoms with van der Waals surface area (Å²) in [5.41, 5.74) is 3.54. The molecule has 6 nitrogen and oxygen atoms in total. The van der Waals surface area contributed by atoms with Crippen LogP contribution in [-0.2, 0) is 13.0 Å².